The van der Waals surface area contributed by atoms with Gasteiger partial charge in [-0.25, -0.2) is 4.79 Å². The van der Waals surface area contributed by atoms with Gasteiger partial charge in [0.15, 0.2) is 5.65 Å². The van der Waals surface area contributed by atoms with Crippen LogP contribution in [0.4, 0.5) is 10.7 Å². The Balaban J connectivity index is 2.59. The fourth-order valence-corrected chi connectivity index (χ4v) is 1.48. The van der Waals surface area contributed by atoms with Gasteiger partial charge in [0, 0.05) is 18.2 Å². The first-order valence-corrected chi connectivity index (χ1v) is 5.24. The van der Waals surface area contributed by atoms with E-state index in [1.807, 2.05) is 6.92 Å². The Bertz CT molecular complexity index is 607. The van der Waals surface area contributed by atoms with Crippen molar-refractivity contribution in [3.05, 3.63) is 11.1 Å². The lowest BCUT2D eigenvalue weighted by molar-refractivity contribution is 0.119. The van der Waals surface area contributed by atoms with Crippen molar-refractivity contribution in [2.75, 3.05) is 19.5 Å². The molecule has 2 aromatic rings. The van der Waals surface area contributed by atoms with Crippen molar-refractivity contribution in [1.29, 1.82) is 0 Å². The van der Waals surface area contributed by atoms with Crippen molar-refractivity contribution in [1.82, 2.24) is 19.8 Å². The third-order valence-corrected chi connectivity index (χ3v) is 2.62. The van der Waals surface area contributed by atoms with Gasteiger partial charge in [-0.2, -0.15) is 4.52 Å². The maximum Gasteiger partial charge on any atom is 0.514 e. The number of hydrogen-bond acceptors (Lipinski definition) is 7. The molecule has 2 aromatic heterocycles. The van der Waals surface area contributed by atoms with Gasteiger partial charge in [-0.1, -0.05) is 0 Å². The van der Waals surface area contributed by atoms with Crippen LogP contribution in [0.2, 0.25) is 0 Å². The van der Waals surface area contributed by atoms with E-state index < -0.39 is 6.16 Å². The molecule has 0 unspecified atom stereocenters. The second-order valence-corrected chi connectivity index (χ2v) is 3.62. The molecule has 8 heteroatoms. The summed E-state index contributed by atoms with van der Waals surface area (Å²) in [6.45, 7) is 3.64. The van der Waals surface area contributed by atoms with Gasteiger partial charge < -0.3 is 14.8 Å². The molecule has 0 aromatic carbocycles. The highest BCUT2D eigenvalue weighted by atomic mass is 16.7. The molecule has 0 aliphatic heterocycles. The van der Waals surface area contributed by atoms with Crippen molar-refractivity contribution in [2.45, 2.75) is 13.8 Å². The summed E-state index contributed by atoms with van der Waals surface area (Å²) in [4.78, 5) is 11.1. The van der Waals surface area contributed by atoms with E-state index in [1.54, 1.807) is 14.0 Å². The van der Waals surface area contributed by atoms with E-state index in [1.165, 1.54) is 11.6 Å². The minimum atomic E-state index is -0.816. The Morgan fingerprint density at radius 2 is 2.00 bits per heavy atom. The molecule has 1 N–H and O–H groups in total. The molecule has 8 nitrogen and oxygen atoms in total. The summed E-state index contributed by atoms with van der Waals surface area (Å²) >= 11 is 0. The molecule has 0 radical (unpaired) electrons. The van der Waals surface area contributed by atoms with Gasteiger partial charge in [0.25, 0.3) is 0 Å². The van der Waals surface area contributed by atoms with E-state index in [9.17, 15) is 4.79 Å². The molecule has 0 saturated heterocycles. The second kappa shape index (κ2) is 4.47. The number of carbonyl (C=O) groups is 1. The number of fused-ring (bicyclic) bond motifs is 1. The molecule has 96 valence electrons. The summed E-state index contributed by atoms with van der Waals surface area (Å²) in [6, 6.07) is 0. The Hall–Kier alpha value is -2.38. The number of ether oxygens (including phenoxy) is 2. The van der Waals surface area contributed by atoms with Gasteiger partial charge in [0.2, 0.25) is 11.8 Å². The molecule has 0 atom stereocenters. The Labute approximate surface area is 103 Å². The Morgan fingerprint density at radius 1 is 1.28 bits per heavy atom. The largest absolute Gasteiger partial charge is 0.514 e. The first-order valence-electron chi connectivity index (χ1n) is 5.24. The van der Waals surface area contributed by atoms with E-state index in [0.29, 0.717) is 17.2 Å². The van der Waals surface area contributed by atoms with Gasteiger partial charge >= 0.3 is 6.16 Å². The van der Waals surface area contributed by atoms with Crippen molar-refractivity contribution >= 4 is 17.8 Å². The summed E-state index contributed by atoms with van der Waals surface area (Å²) < 4.78 is 10.9. The minimum absolute atomic E-state index is 0.170. The van der Waals surface area contributed by atoms with Crippen molar-refractivity contribution in [3.63, 3.8) is 0 Å². The number of hydrogen-bond donors (Lipinski definition) is 1. The first kappa shape index (κ1) is 12.1. The molecule has 2 heterocycles. The van der Waals surface area contributed by atoms with Gasteiger partial charge in [0.1, 0.15) is 0 Å². The topological polar surface area (TPSA) is 90.6 Å². The van der Waals surface area contributed by atoms with E-state index in [-0.39, 0.29) is 5.88 Å². The standard InChI is InChI=1S/C10H13N5O3/c1-5-6(2)8(18-10(16)17-4)14-15-7(5)12-13-9(15)11-3/h1-4H3,(H,11,13). The molecule has 0 aliphatic rings. The van der Waals surface area contributed by atoms with Crippen LogP contribution in [-0.4, -0.2) is 40.1 Å². The van der Waals surface area contributed by atoms with Crippen LogP contribution in [0.1, 0.15) is 11.1 Å². The van der Waals surface area contributed by atoms with E-state index in [4.69, 9.17) is 4.74 Å². The second-order valence-electron chi connectivity index (χ2n) is 3.62. The number of nitrogens with zero attached hydrogens (tertiary/aromatic N) is 4. The zero-order valence-electron chi connectivity index (χ0n) is 10.5. The van der Waals surface area contributed by atoms with Crippen LogP contribution >= 0.6 is 0 Å². The number of carbonyl (C=O) groups excluding carboxylic acids is 1. The summed E-state index contributed by atoms with van der Waals surface area (Å²) in [5.74, 6) is 0.631. The molecule has 0 aliphatic carbocycles. The van der Waals surface area contributed by atoms with Gasteiger partial charge in [0.05, 0.1) is 7.11 Å². The lowest BCUT2D eigenvalue weighted by Crippen LogP contribution is -2.12. The minimum Gasteiger partial charge on any atom is -0.437 e. The monoisotopic (exact) mass is 251 g/mol. The molecule has 18 heavy (non-hydrogen) atoms. The average Bonchev–Trinajstić information content (AvgIpc) is 2.78. The molecular formula is C10H13N5O3. The summed E-state index contributed by atoms with van der Waals surface area (Å²) in [5, 5.41) is 14.9. The third-order valence-electron chi connectivity index (χ3n) is 2.62. The SMILES string of the molecule is CNc1nnc2c(C)c(C)c(OC(=O)OC)nn12. The summed E-state index contributed by atoms with van der Waals surface area (Å²) in [5.41, 5.74) is 2.15. The number of aromatic nitrogens is 4. The zero-order chi connectivity index (χ0) is 13.3. The summed E-state index contributed by atoms with van der Waals surface area (Å²) in [7, 11) is 2.94. The summed E-state index contributed by atoms with van der Waals surface area (Å²) in [6.07, 6.45) is -0.816. The van der Waals surface area contributed by atoms with Gasteiger partial charge in [-0.05, 0) is 13.8 Å². The number of methoxy groups -OCH3 is 1. The first-order chi connectivity index (χ1) is 8.58. The smallest absolute Gasteiger partial charge is 0.437 e. The molecule has 0 amide bonds. The molecule has 0 spiro atoms. The van der Waals surface area contributed by atoms with Crippen molar-refractivity contribution in [3.8, 4) is 5.88 Å². The van der Waals surface area contributed by atoms with E-state index in [0.717, 1.165) is 5.56 Å². The number of aryl methyl sites for hydroxylation is 1. The van der Waals surface area contributed by atoms with Crippen LogP contribution in [0.25, 0.3) is 5.65 Å². The van der Waals surface area contributed by atoms with E-state index in [2.05, 4.69) is 25.3 Å². The molecular weight excluding hydrogens is 238 g/mol. The Morgan fingerprint density at radius 3 is 2.61 bits per heavy atom. The van der Waals surface area contributed by atoms with Crippen molar-refractivity contribution in [2.24, 2.45) is 0 Å². The molecule has 0 bridgehead atoms. The highest BCUT2D eigenvalue weighted by Gasteiger charge is 2.17. The highest BCUT2D eigenvalue weighted by Crippen LogP contribution is 2.22. The maximum atomic E-state index is 11.1. The highest BCUT2D eigenvalue weighted by molar-refractivity contribution is 5.65. The maximum absolute atomic E-state index is 11.1. The number of rotatable bonds is 2. The number of nitrogens with one attached hydrogen (secondary N) is 1. The van der Waals surface area contributed by atoms with Crippen LogP contribution < -0.4 is 10.1 Å². The zero-order valence-corrected chi connectivity index (χ0v) is 10.5. The van der Waals surface area contributed by atoms with Crippen LogP contribution in [0.15, 0.2) is 0 Å². The predicted octanol–water partition coefficient (Wildman–Crippen LogP) is 0.928. The van der Waals surface area contributed by atoms with Crippen LogP contribution in [0.5, 0.6) is 5.88 Å². The third kappa shape index (κ3) is 1.81. The van der Waals surface area contributed by atoms with Crippen LogP contribution in [0.3, 0.4) is 0 Å². The quantitative estimate of drug-likeness (QED) is 0.794. The molecule has 0 saturated carbocycles. The normalized spacial score (nSPS) is 10.4. The van der Waals surface area contributed by atoms with Crippen LogP contribution in [-0.2, 0) is 4.74 Å². The lowest BCUT2D eigenvalue weighted by Gasteiger charge is -2.08. The Kier molecular flexibility index (Phi) is 3.00. The van der Waals surface area contributed by atoms with Gasteiger partial charge in [-0.3, -0.25) is 0 Å². The average molecular weight is 251 g/mol. The van der Waals surface area contributed by atoms with Crippen molar-refractivity contribution < 1.29 is 14.3 Å². The fourth-order valence-electron chi connectivity index (χ4n) is 1.48. The van der Waals surface area contributed by atoms with Crippen LogP contribution in [0, 0.1) is 13.8 Å². The molecule has 0 fully saturated rings. The van der Waals surface area contributed by atoms with E-state index >= 15 is 0 Å². The fraction of sp³-hybridized carbons (Fsp3) is 0.400. The van der Waals surface area contributed by atoms with Gasteiger partial charge in [-0.15, -0.1) is 15.3 Å². The lowest BCUT2D eigenvalue weighted by atomic mass is 10.2. The molecule has 2 rings (SSSR count). The number of anilines is 1. The predicted molar refractivity (Wildman–Crippen MR) is 62.8 cm³/mol.